The van der Waals surface area contributed by atoms with Crippen molar-refractivity contribution in [2.45, 2.75) is 56.5 Å². The molecule has 10 N–H and O–H groups in total. The van der Waals surface area contributed by atoms with Crippen molar-refractivity contribution in [3.8, 4) is 5.75 Å². The number of aliphatic carboxylic acids is 1. The van der Waals surface area contributed by atoms with Gasteiger partial charge in [-0.3, -0.25) is 19.2 Å². The third-order valence-electron chi connectivity index (χ3n) is 5.05. The molecule has 0 saturated carbocycles. The third kappa shape index (κ3) is 10.5. The number of aliphatic hydroxyl groups is 1. The molecule has 36 heavy (non-hydrogen) atoms. The molecule has 200 valence electrons. The number of carbonyl (C=O) groups is 5. The molecule has 1 aromatic carbocycles. The molecule has 0 aliphatic heterocycles. The molecule has 0 aromatic heterocycles. The first kappa shape index (κ1) is 30.7. The Morgan fingerprint density at radius 1 is 0.972 bits per heavy atom. The Labute approximate surface area is 212 Å². The van der Waals surface area contributed by atoms with E-state index >= 15 is 0 Å². The van der Waals surface area contributed by atoms with Crippen LogP contribution in [0.3, 0.4) is 0 Å². The standard InChI is InChI=1S/C22H33N5O8S/c1-11(28)18(21(33)26-16(22(34)35)10-17(24)30)27-20(32)15(7-8-36-2)25-19(31)14(23)9-12-3-5-13(29)6-4-12/h3-6,11,14-16,18,28-29H,7-10,23H2,1-2H3,(H2,24,30)(H,25,31)(H,26,33)(H,27,32)(H,34,35). The fourth-order valence-corrected chi connectivity index (χ4v) is 3.56. The van der Waals surface area contributed by atoms with Gasteiger partial charge < -0.3 is 42.7 Å². The first-order valence-electron chi connectivity index (χ1n) is 11.0. The van der Waals surface area contributed by atoms with Crippen LogP contribution in [0.5, 0.6) is 5.75 Å². The number of carbonyl (C=O) groups excluding carboxylic acids is 4. The average molecular weight is 528 g/mol. The molecule has 0 spiro atoms. The Morgan fingerprint density at radius 3 is 2.06 bits per heavy atom. The highest BCUT2D eigenvalue weighted by Crippen LogP contribution is 2.11. The van der Waals surface area contributed by atoms with Crippen LogP contribution in [-0.4, -0.2) is 87.2 Å². The van der Waals surface area contributed by atoms with E-state index in [1.165, 1.54) is 30.8 Å². The van der Waals surface area contributed by atoms with E-state index in [4.69, 9.17) is 11.5 Å². The topological polar surface area (TPSA) is 234 Å². The molecule has 0 heterocycles. The van der Waals surface area contributed by atoms with E-state index in [1.807, 2.05) is 0 Å². The average Bonchev–Trinajstić information content (AvgIpc) is 2.80. The second-order valence-corrected chi connectivity index (χ2v) is 9.10. The van der Waals surface area contributed by atoms with Gasteiger partial charge in [0, 0.05) is 0 Å². The summed E-state index contributed by atoms with van der Waals surface area (Å²) in [7, 11) is 0. The van der Waals surface area contributed by atoms with Crippen molar-refractivity contribution in [1.29, 1.82) is 0 Å². The van der Waals surface area contributed by atoms with E-state index in [2.05, 4.69) is 16.0 Å². The molecule has 1 aromatic rings. The van der Waals surface area contributed by atoms with E-state index < -0.39 is 66.3 Å². The number of benzene rings is 1. The lowest BCUT2D eigenvalue weighted by molar-refractivity contribution is -0.144. The Bertz CT molecular complexity index is 928. The summed E-state index contributed by atoms with van der Waals surface area (Å²) in [6, 6.07) is 0.766. The molecule has 4 amide bonds. The highest BCUT2D eigenvalue weighted by molar-refractivity contribution is 7.98. The van der Waals surface area contributed by atoms with Crippen LogP contribution in [0.1, 0.15) is 25.3 Å². The minimum absolute atomic E-state index is 0.0616. The number of phenolic OH excluding ortho intramolecular Hbond substituents is 1. The molecule has 0 bridgehead atoms. The monoisotopic (exact) mass is 527 g/mol. The quantitative estimate of drug-likeness (QED) is 0.123. The minimum atomic E-state index is -1.65. The molecule has 0 fully saturated rings. The summed E-state index contributed by atoms with van der Waals surface area (Å²) in [5.74, 6) is -4.43. The van der Waals surface area contributed by atoms with Crippen LogP contribution in [0.25, 0.3) is 0 Å². The van der Waals surface area contributed by atoms with Crippen LogP contribution >= 0.6 is 11.8 Å². The molecular weight excluding hydrogens is 494 g/mol. The number of thioether (sulfide) groups is 1. The van der Waals surface area contributed by atoms with Crippen molar-refractivity contribution in [2.24, 2.45) is 11.5 Å². The number of aliphatic hydroxyl groups excluding tert-OH is 1. The van der Waals surface area contributed by atoms with Crippen LogP contribution in [0.2, 0.25) is 0 Å². The number of aromatic hydroxyl groups is 1. The van der Waals surface area contributed by atoms with E-state index in [1.54, 1.807) is 18.4 Å². The maximum absolute atomic E-state index is 12.9. The van der Waals surface area contributed by atoms with E-state index in [-0.39, 0.29) is 18.6 Å². The van der Waals surface area contributed by atoms with Crippen LogP contribution < -0.4 is 27.4 Å². The second-order valence-electron chi connectivity index (χ2n) is 8.12. The molecule has 0 radical (unpaired) electrons. The molecule has 13 nitrogen and oxygen atoms in total. The molecule has 0 aliphatic rings. The van der Waals surface area contributed by atoms with Crippen molar-refractivity contribution < 1.29 is 39.3 Å². The summed E-state index contributed by atoms with van der Waals surface area (Å²) >= 11 is 1.41. The molecule has 5 unspecified atom stereocenters. The fourth-order valence-electron chi connectivity index (χ4n) is 3.08. The van der Waals surface area contributed by atoms with Gasteiger partial charge in [-0.1, -0.05) is 12.1 Å². The van der Waals surface area contributed by atoms with Gasteiger partial charge >= 0.3 is 5.97 Å². The van der Waals surface area contributed by atoms with Gasteiger partial charge in [0.05, 0.1) is 18.6 Å². The zero-order valence-corrected chi connectivity index (χ0v) is 20.8. The zero-order chi connectivity index (χ0) is 27.4. The minimum Gasteiger partial charge on any atom is -0.508 e. The summed E-state index contributed by atoms with van der Waals surface area (Å²) < 4.78 is 0. The van der Waals surface area contributed by atoms with E-state index in [0.29, 0.717) is 11.3 Å². The number of nitrogens with two attached hydrogens (primary N) is 2. The Balaban J connectivity index is 2.91. The number of hydrogen-bond acceptors (Lipinski definition) is 9. The van der Waals surface area contributed by atoms with Crippen molar-refractivity contribution in [1.82, 2.24) is 16.0 Å². The molecular formula is C22H33N5O8S. The number of rotatable bonds is 15. The Kier molecular flexibility index (Phi) is 12.7. The summed E-state index contributed by atoms with van der Waals surface area (Å²) in [5.41, 5.74) is 11.7. The molecule has 5 atom stereocenters. The van der Waals surface area contributed by atoms with Gasteiger partial charge in [0.25, 0.3) is 0 Å². The van der Waals surface area contributed by atoms with Gasteiger partial charge in [0.2, 0.25) is 23.6 Å². The smallest absolute Gasteiger partial charge is 0.326 e. The van der Waals surface area contributed by atoms with Gasteiger partial charge in [-0.2, -0.15) is 11.8 Å². The van der Waals surface area contributed by atoms with Gasteiger partial charge in [-0.15, -0.1) is 0 Å². The lowest BCUT2D eigenvalue weighted by atomic mass is 10.0. The molecule has 0 aliphatic carbocycles. The number of carboxylic acids is 1. The van der Waals surface area contributed by atoms with E-state index in [9.17, 15) is 39.3 Å². The van der Waals surface area contributed by atoms with Gasteiger partial charge in [0.15, 0.2) is 0 Å². The summed E-state index contributed by atoms with van der Waals surface area (Å²) in [6.07, 6.45) is -0.0152. The third-order valence-corrected chi connectivity index (χ3v) is 5.70. The van der Waals surface area contributed by atoms with Crippen molar-refractivity contribution in [2.75, 3.05) is 12.0 Å². The molecule has 0 saturated heterocycles. The molecule has 14 heteroatoms. The van der Waals surface area contributed by atoms with Crippen molar-refractivity contribution >= 4 is 41.4 Å². The van der Waals surface area contributed by atoms with Gasteiger partial charge in [0.1, 0.15) is 23.9 Å². The van der Waals surface area contributed by atoms with Crippen LogP contribution in [0.15, 0.2) is 24.3 Å². The van der Waals surface area contributed by atoms with Crippen molar-refractivity contribution in [3.63, 3.8) is 0 Å². The van der Waals surface area contributed by atoms with Crippen LogP contribution in [0.4, 0.5) is 0 Å². The highest BCUT2D eigenvalue weighted by atomic mass is 32.2. The number of phenols is 1. The normalized spacial score (nSPS) is 15.0. The first-order chi connectivity index (χ1) is 16.8. The largest absolute Gasteiger partial charge is 0.508 e. The fraction of sp³-hybridized carbons (Fsp3) is 0.500. The summed E-state index contributed by atoms with van der Waals surface area (Å²) in [5, 5.41) is 35.5. The summed E-state index contributed by atoms with van der Waals surface area (Å²) in [4.78, 5) is 60.6. The highest BCUT2D eigenvalue weighted by Gasteiger charge is 2.33. The maximum atomic E-state index is 12.9. The second kappa shape index (κ2) is 14.9. The van der Waals surface area contributed by atoms with E-state index in [0.717, 1.165) is 0 Å². The lowest BCUT2D eigenvalue weighted by Gasteiger charge is -2.26. The SMILES string of the molecule is CSCCC(NC(=O)C(N)Cc1ccc(O)cc1)C(=O)NC(C(=O)NC(CC(N)=O)C(=O)O)C(C)O. The number of nitrogens with one attached hydrogen (secondary N) is 3. The predicted octanol–water partition coefficient (Wildman–Crippen LogP) is -2.19. The number of carboxylic acid groups (broad SMARTS) is 1. The predicted molar refractivity (Wildman–Crippen MR) is 132 cm³/mol. The number of hydrogen-bond donors (Lipinski definition) is 8. The Morgan fingerprint density at radius 2 is 1.56 bits per heavy atom. The van der Waals surface area contributed by atoms with Gasteiger partial charge in [-0.05, 0) is 49.5 Å². The molecule has 1 rings (SSSR count). The maximum Gasteiger partial charge on any atom is 0.326 e. The first-order valence-corrected chi connectivity index (χ1v) is 12.4. The summed E-state index contributed by atoms with van der Waals surface area (Å²) in [6.45, 7) is 1.21. The number of primary amides is 1. The van der Waals surface area contributed by atoms with Gasteiger partial charge in [-0.25, -0.2) is 4.79 Å². The zero-order valence-electron chi connectivity index (χ0n) is 20.0. The van der Waals surface area contributed by atoms with Crippen molar-refractivity contribution in [3.05, 3.63) is 29.8 Å². The van der Waals surface area contributed by atoms with Crippen LogP contribution in [0, 0.1) is 0 Å². The Hall–Kier alpha value is -3.36. The van der Waals surface area contributed by atoms with Crippen LogP contribution in [-0.2, 0) is 30.4 Å². The number of amides is 4. The lowest BCUT2D eigenvalue weighted by Crippen LogP contribution is -2.60.